The normalized spacial score (nSPS) is 15.7. The molecule has 1 aliphatic rings. The number of benzene rings is 2. The van der Waals surface area contributed by atoms with Crippen LogP contribution in [0.5, 0.6) is 11.5 Å². The third-order valence-electron chi connectivity index (χ3n) is 5.34. The Morgan fingerprint density at radius 1 is 1.06 bits per heavy atom. The maximum Gasteiger partial charge on any atom is 0.207 e. The van der Waals surface area contributed by atoms with E-state index in [1.165, 1.54) is 0 Å². The van der Waals surface area contributed by atoms with Crippen molar-refractivity contribution in [1.29, 1.82) is 0 Å². The summed E-state index contributed by atoms with van der Waals surface area (Å²) in [7, 11) is 3.32. The molecule has 1 unspecified atom stereocenters. The second-order valence-corrected chi connectivity index (χ2v) is 8.91. The summed E-state index contributed by atoms with van der Waals surface area (Å²) in [5, 5.41) is 9.77. The quantitative estimate of drug-likeness (QED) is 0.295. The minimum absolute atomic E-state index is 0.0521. The molecule has 0 amide bonds. The molecule has 0 aliphatic carbocycles. The van der Waals surface area contributed by atoms with Gasteiger partial charge in [0.05, 0.1) is 36.4 Å². The molecule has 4 aromatic rings. The van der Waals surface area contributed by atoms with E-state index in [0.29, 0.717) is 0 Å². The molecular weight excluding hydrogens is 490 g/mol. The number of halogens is 1. The molecule has 0 bridgehead atoms. The third kappa shape index (κ3) is 3.91. The highest BCUT2D eigenvalue weighted by molar-refractivity contribution is 9.10. The summed E-state index contributed by atoms with van der Waals surface area (Å²) in [6, 6.07) is 17.7. The molecule has 0 saturated carbocycles. The summed E-state index contributed by atoms with van der Waals surface area (Å²) >= 11 is 5.12. The van der Waals surface area contributed by atoms with Crippen molar-refractivity contribution < 1.29 is 13.9 Å². The summed E-state index contributed by atoms with van der Waals surface area (Å²) in [5.41, 5.74) is 3.94. The first-order chi connectivity index (χ1) is 15.7. The van der Waals surface area contributed by atoms with E-state index in [1.807, 2.05) is 65.0 Å². The lowest BCUT2D eigenvalue weighted by Crippen LogP contribution is -2.17. The van der Waals surface area contributed by atoms with Crippen LogP contribution >= 0.6 is 27.3 Å². The Kier molecular flexibility index (Phi) is 5.71. The van der Waals surface area contributed by atoms with Gasteiger partial charge in [0.25, 0.3) is 0 Å². The Balaban J connectivity index is 1.49. The van der Waals surface area contributed by atoms with E-state index in [0.717, 1.165) is 55.8 Å². The van der Waals surface area contributed by atoms with Gasteiger partial charge < -0.3 is 13.9 Å². The highest BCUT2D eigenvalue weighted by Gasteiger charge is 2.33. The number of anilines is 1. The topological polar surface area (TPSA) is 60.1 Å². The molecule has 0 spiro atoms. The first-order valence-corrected chi connectivity index (χ1v) is 11.7. The SMILES string of the molecule is COc1ccc(C2=NN(c3nc(-c4ccc(OC)c(Br)c4)cs3)C(c3ccco3)C2)cc1. The van der Waals surface area contributed by atoms with Gasteiger partial charge in [0.1, 0.15) is 23.3 Å². The Morgan fingerprint density at radius 3 is 2.56 bits per heavy atom. The molecule has 0 radical (unpaired) electrons. The summed E-state index contributed by atoms with van der Waals surface area (Å²) in [5.74, 6) is 2.47. The molecule has 162 valence electrons. The molecule has 0 saturated heterocycles. The monoisotopic (exact) mass is 509 g/mol. The Hall–Kier alpha value is -3.10. The second kappa shape index (κ2) is 8.80. The lowest BCUT2D eigenvalue weighted by molar-refractivity contribution is 0.412. The van der Waals surface area contributed by atoms with Gasteiger partial charge in [-0.3, -0.25) is 0 Å². The van der Waals surface area contributed by atoms with Crippen molar-refractivity contribution in [2.45, 2.75) is 12.5 Å². The molecule has 32 heavy (non-hydrogen) atoms. The molecule has 0 N–H and O–H groups in total. The van der Waals surface area contributed by atoms with Crippen LogP contribution in [0, 0.1) is 0 Å². The number of methoxy groups -OCH3 is 2. The van der Waals surface area contributed by atoms with Gasteiger partial charge in [-0.2, -0.15) is 5.10 Å². The van der Waals surface area contributed by atoms with Crippen LogP contribution in [0.1, 0.15) is 23.8 Å². The smallest absolute Gasteiger partial charge is 0.207 e. The number of hydrazone groups is 1. The molecule has 1 aliphatic heterocycles. The van der Waals surface area contributed by atoms with Crippen molar-refractivity contribution in [1.82, 2.24) is 4.98 Å². The minimum atomic E-state index is -0.0521. The Morgan fingerprint density at radius 2 is 1.88 bits per heavy atom. The van der Waals surface area contributed by atoms with Crippen LogP contribution in [0.25, 0.3) is 11.3 Å². The molecule has 3 heterocycles. The number of aromatic nitrogens is 1. The lowest BCUT2D eigenvalue weighted by Gasteiger charge is -2.18. The van der Waals surface area contributed by atoms with Crippen molar-refractivity contribution in [3.05, 3.63) is 82.0 Å². The minimum Gasteiger partial charge on any atom is -0.497 e. The zero-order valence-corrected chi connectivity index (χ0v) is 19.9. The van der Waals surface area contributed by atoms with Crippen LogP contribution in [-0.2, 0) is 0 Å². The molecule has 2 aromatic heterocycles. The zero-order valence-electron chi connectivity index (χ0n) is 17.5. The van der Waals surface area contributed by atoms with Crippen molar-refractivity contribution in [2.24, 2.45) is 5.10 Å². The predicted octanol–water partition coefficient (Wildman–Crippen LogP) is 6.54. The molecule has 1 atom stereocenters. The molecular formula is C24H20BrN3O3S. The number of hydrogen-bond donors (Lipinski definition) is 0. The van der Waals surface area contributed by atoms with Gasteiger partial charge in [-0.05, 0) is 76.1 Å². The van der Waals surface area contributed by atoms with Gasteiger partial charge in [-0.25, -0.2) is 9.99 Å². The van der Waals surface area contributed by atoms with E-state index < -0.39 is 0 Å². The van der Waals surface area contributed by atoms with Crippen LogP contribution in [0.4, 0.5) is 5.13 Å². The van der Waals surface area contributed by atoms with Crippen molar-refractivity contribution in [2.75, 3.05) is 19.2 Å². The Bertz CT molecular complexity index is 1250. The molecule has 0 fully saturated rings. The lowest BCUT2D eigenvalue weighted by atomic mass is 10.0. The third-order valence-corrected chi connectivity index (χ3v) is 6.79. The number of nitrogens with zero attached hydrogens (tertiary/aromatic N) is 3. The van der Waals surface area contributed by atoms with E-state index in [-0.39, 0.29) is 6.04 Å². The van der Waals surface area contributed by atoms with E-state index in [4.69, 9.17) is 24.0 Å². The van der Waals surface area contributed by atoms with Gasteiger partial charge in [0.15, 0.2) is 0 Å². The summed E-state index contributed by atoms with van der Waals surface area (Å²) < 4.78 is 17.3. The number of rotatable bonds is 6. The first kappa shape index (κ1) is 20.8. The van der Waals surface area contributed by atoms with Gasteiger partial charge >= 0.3 is 0 Å². The largest absolute Gasteiger partial charge is 0.497 e. The fraction of sp³-hybridized carbons (Fsp3) is 0.167. The van der Waals surface area contributed by atoms with E-state index in [1.54, 1.807) is 31.8 Å². The van der Waals surface area contributed by atoms with Crippen LogP contribution in [0.2, 0.25) is 0 Å². The first-order valence-electron chi connectivity index (χ1n) is 10.00. The maximum absolute atomic E-state index is 5.74. The zero-order chi connectivity index (χ0) is 22.1. The van der Waals surface area contributed by atoms with Crippen molar-refractivity contribution in [3.8, 4) is 22.8 Å². The number of thiazole rings is 1. The average molecular weight is 510 g/mol. The van der Waals surface area contributed by atoms with E-state index in [9.17, 15) is 0 Å². The summed E-state index contributed by atoms with van der Waals surface area (Å²) in [6.07, 6.45) is 2.42. The molecule has 8 heteroatoms. The average Bonchev–Trinajstić information content (AvgIpc) is 3.59. The Labute approximate surface area is 198 Å². The van der Waals surface area contributed by atoms with Crippen LogP contribution in [0.15, 0.2) is 80.2 Å². The molecule has 6 nitrogen and oxygen atoms in total. The standard InChI is InChI=1S/C24H20BrN3O3S/c1-29-17-8-5-15(6-9-17)19-13-21(23-4-3-11-31-23)28(27-19)24-26-20(14-32-24)16-7-10-22(30-2)18(25)12-16/h3-12,14,21H,13H2,1-2H3. The number of ether oxygens (including phenoxy) is 2. The van der Waals surface area contributed by atoms with Crippen LogP contribution in [-0.4, -0.2) is 24.9 Å². The summed E-state index contributed by atoms with van der Waals surface area (Å²) in [4.78, 5) is 4.89. The highest BCUT2D eigenvalue weighted by Crippen LogP contribution is 2.40. The van der Waals surface area contributed by atoms with Crippen molar-refractivity contribution in [3.63, 3.8) is 0 Å². The second-order valence-electron chi connectivity index (χ2n) is 7.22. The van der Waals surface area contributed by atoms with Gasteiger partial charge in [-0.1, -0.05) is 0 Å². The van der Waals surface area contributed by atoms with Crippen LogP contribution in [0.3, 0.4) is 0 Å². The predicted molar refractivity (Wildman–Crippen MR) is 130 cm³/mol. The maximum atomic E-state index is 5.74. The fourth-order valence-corrected chi connectivity index (χ4v) is 5.05. The summed E-state index contributed by atoms with van der Waals surface area (Å²) in [6.45, 7) is 0. The van der Waals surface area contributed by atoms with Gasteiger partial charge in [-0.15, -0.1) is 11.3 Å². The number of hydrogen-bond acceptors (Lipinski definition) is 7. The van der Waals surface area contributed by atoms with Gasteiger partial charge in [0, 0.05) is 17.4 Å². The van der Waals surface area contributed by atoms with Gasteiger partial charge in [0.2, 0.25) is 5.13 Å². The van der Waals surface area contributed by atoms with Crippen LogP contribution < -0.4 is 14.5 Å². The number of furan rings is 1. The van der Waals surface area contributed by atoms with E-state index >= 15 is 0 Å². The van der Waals surface area contributed by atoms with Crippen molar-refractivity contribution >= 4 is 38.1 Å². The molecule has 2 aromatic carbocycles. The van der Waals surface area contributed by atoms with E-state index in [2.05, 4.69) is 15.9 Å². The highest BCUT2D eigenvalue weighted by atomic mass is 79.9. The molecule has 5 rings (SSSR count). The fourth-order valence-electron chi connectivity index (χ4n) is 3.68.